The average Bonchev–Trinajstić information content (AvgIpc) is 3.25. The van der Waals surface area contributed by atoms with Gasteiger partial charge in [0.1, 0.15) is 4.90 Å². The number of hydrogen-bond donors (Lipinski definition) is 0. The summed E-state index contributed by atoms with van der Waals surface area (Å²) in [7, 11) is -1.68. The SMILES string of the molecule is CN(C1CCCCC1)S(=O)(=O)c1cc(CCl)n(C2CC2)c1. The zero-order chi connectivity index (χ0) is 15.0. The fourth-order valence-electron chi connectivity index (χ4n) is 3.24. The van der Waals surface area contributed by atoms with Gasteiger partial charge in [0.05, 0.1) is 5.88 Å². The van der Waals surface area contributed by atoms with E-state index in [1.165, 1.54) is 6.42 Å². The number of hydrogen-bond acceptors (Lipinski definition) is 2. The summed E-state index contributed by atoms with van der Waals surface area (Å²) in [6.07, 6.45) is 9.44. The molecular weight excluding hydrogens is 308 g/mol. The summed E-state index contributed by atoms with van der Waals surface area (Å²) in [6, 6.07) is 2.34. The number of rotatable bonds is 5. The summed E-state index contributed by atoms with van der Waals surface area (Å²) in [5, 5.41) is 0. The molecule has 21 heavy (non-hydrogen) atoms. The molecule has 1 aromatic rings. The van der Waals surface area contributed by atoms with Gasteiger partial charge in [0.2, 0.25) is 10.0 Å². The van der Waals surface area contributed by atoms with Gasteiger partial charge in [0, 0.05) is 31.0 Å². The highest BCUT2D eigenvalue weighted by Crippen LogP contribution is 2.38. The molecule has 2 aliphatic rings. The van der Waals surface area contributed by atoms with E-state index in [9.17, 15) is 8.42 Å². The van der Waals surface area contributed by atoms with E-state index in [1.54, 1.807) is 23.6 Å². The van der Waals surface area contributed by atoms with Crippen LogP contribution in [0.5, 0.6) is 0 Å². The zero-order valence-corrected chi connectivity index (χ0v) is 14.0. The van der Waals surface area contributed by atoms with Crippen molar-refractivity contribution in [2.45, 2.75) is 67.8 Å². The van der Waals surface area contributed by atoms with Gasteiger partial charge in [-0.25, -0.2) is 8.42 Å². The maximum absolute atomic E-state index is 12.8. The normalized spacial score (nSPS) is 21.1. The minimum atomic E-state index is -3.40. The lowest BCUT2D eigenvalue weighted by molar-refractivity contribution is 0.286. The largest absolute Gasteiger partial charge is 0.346 e. The molecule has 2 fully saturated rings. The number of halogens is 1. The lowest BCUT2D eigenvalue weighted by Gasteiger charge is -2.30. The highest BCUT2D eigenvalue weighted by atomic mass is 35.5. The molecule has 0 amide bonds. The molecule has 4 nitrogen and oxygen atoms in total. The van der Waals surface area contributed by atoms with Crippen molar-refractivity contribution in [1.29, 1.82) is 0 Å². The van der Waals surface area contributed by atoms with E-state index >= 15 is 0 Å². The summed E-state index contributed by atoms with van der Waals surface area (Å²) in [5.41, 5.74) is 0.912. The number of aromatic nitrogens is 1. The van der Waals surface area contributed by atoms with Crippen molar-refractivity contribution in [3.63, 3.8) is 0 Å². The molecule has 0 N–H and O–H groups in total. The van der Waals surface area contributed by atoms with Crippen molar-refractivity contribution < 1.29 is 8.42 Å². The van der Waals surface area contributed by atoms with Crippen LogP contribution in [-0.2, 0) is 15.9 Å². The van der Waals surface area contributed by atoms with Gasteiger partial charge in [-0.3, -0.25) is 0 Å². The minimum Gasteiger partial charge on any atom is -0.346 e. The van der Waals surface area contributed by atoms with Crippen molar-refractivity contribution in [2.24, 2.45) is 0 Å². The molecule has 3 rings (SSSR count). The summed E-state index contributed by atoms with van der Waals surface area (Å²) >= 11 is 5.97. The van der Waals surface area contributed by atoms with Crippen LogP contribution in [0.1, 0.15) is 56.7 Å². The minimum absolute atomic E-state index is 0.146. The van der Waals surface area contributed by atoms with E-state index < -0.39 is 10.0 Å². The maximum Gasteiger partial charge on any atom is 0.244 e. The van der Waals surface area contributed by atoms with Crippen molar-refractivity contribution >= 4 is 21.6 Å². The molecule has 118 valence electrons. The van der Waals surface area contributed by atoms with E-state index in [-0.39, 0.29) is 6.04 Å². The van der Waals surface area contributed by atoms with Crippen molar-refractivity contribution in [2.75, 3.05) is 7.05 Å². The van der Waals surface area contributed by atoms with Gasteiger partial charge in [-0.15, -0.1) is 11.6 Å². The third-order valence-corrected chi connectivity index (χ3v) is 6.90. The lowest BCUT2D eigenvalue weighted by Crippen LogP contribution is -2.38. The molecule has 2 aliphatic carbocycles. The predicted molar refractivity (Wildman–Crippen MR) is 84.1 cm³/mol. The summed E-state index contributed by atoms with van der Waals surface area (Å²) in [6.45, 7) is 0. The molecule has 0 aromatic carbocycles. The fourth-order valence-corrected chi connectivity index (χ4v) is 4.93. The molecule has 0 unspecified atom stereocenters. The van der Waals surface area contributed by atoms with E-state index in [1.807, 2.05) is 0 Å². The van der Waals surface area contributed by atoms with Crippen LogP contribution in [0.15, 0.2) is 17.2 Å². The third-order valence-electron chi connectivity index (χ3n) is 4.75. The monoisotopic (exact) mass is 330 g/mol. The Bertz CT molecular complexity index is 601. The Morgan fingerprint density at radius 1 is 1.24 bits per heavy atom. The van der Waals surface area contributed by atoms with Crippen LogP contribution >= 0.6 is 11.6 Å². The van der Waals surface area contributed by atoms with Crippen LogP contribution in [0.25, 0.3) is 0 Å². The van der Waals surface area contributed by atoms with Crippen LogP contribution in [0.4, 0.5) is 0 Å². The lowest BCUT2D eigenvalue weighted by atomic mass is 9.96. The standard InChI is InChI=1S/C15H23ClN2O2S/c1-17(12-5-3-2-4-6-12)21(19,20)15-9-14(10-16)18(11-15)13-7-8-13/h9,11-13H,2-8,10H2,1H3. The fraction of sp³-hybridized carbons (Fsp3) is 0.733. The van der Waals surface area contributed by atoms with Gasteiger partial charge in [-0.1, -0.05) is 19.3 Å². The molecule has 1 heterocycles. The number of nitrogens with zero attached hydrogens (tertiary/aromatic N) is 2. The smallest absolute Gasteiger partial charge is 0.244 e. The maximum atomic E-state index is 12.8. The summed E-state index contributed by atoms with van der Waals surface area (Å²) < 4.78 is 29.3. The van der Waals surface area contributed by atoms with E-state index in [0.29, 0.717) is 16.8 Å². The molecule has 0 bridgehead atoms. The van der Waals surface area contributed by atoms with Gasteiger partial charge in [-0.05, 0) is 31.7 Å². The van der Waals surface area contributed by atoms with Crippen molar-refractivity contribution in [3.8, 4) is 0 Å². The number of sulfonamides is 1. The van der Waals surface area contributed by atoms with Crippen molar-refractivity contribution in [1.82, 2.24) is 8.87 Å². The van der Waals surface area contributed by atoms with E-state index in [0.717, 1.165) is 44.2 Å². The first-order valence-electron chi connectivity index (χ1n) is 7.79. The first-order valence-corrected chi connectivity index (χ1v) is 9.76. The Morgan fingerprint density at radius 3 is 2.48 bits per heavy atom. The Hall–Kier alpha value is -0.520. The highest BCUT2D eigenvalue weighted by molar-refractivity contribution is 7.89. The second kappa shape index (κ2) is 5.94. The Kier molecular flexibility index (Phi) is 4.35. The second-order valence-corrected chi connectivity index (χ2v) is 8.52. The van der Waals surface area contributed by atoms with Crippen LogP contribution in [0.2, 0.25) is 0 Å². The molecular formula is C15H23ClN2O2S. The molecule has 6 heteroatoms. The molecule has 0 saturated heterocycles. The average molecular weight is 331 g/mol. The third kappa shape index (κ3) is 3.01. The quantitative estimate of drug-likeness (QED) is 0.775. The first-order chi connectivity index (χ1) is 10.0. The van der Waals surface area contributed by atoms with Crippen LogP contribution in [0, 0.1) is 0 Å². The van der Waals surface area contributed by atoms with Gasteiger partial charge in [-0.2, -0.15) is 4.31 Å². The highest BCUT2D eigenvalue weighted by Gasteiger charge is 2.32. The van der Waals surface area contributed by atoms with Gasteiger partial charge < -0.3 is 4.57 Å². The molecule has 0 atom stereocenters. The van der Waals surface area contributed by atoms with Gasteiger partial charge in [0.25, 0.3) is 0 Å². The Labute approximate surface area is 132 Å². The molecule has 0 radical (unpaired) electrons. The Balaban J connectivity index is 1.86. The first kappa shape index (κ1) is 15.4. The topological polar surface area (TPSA) is 42.3 Å². The van der Waals surface area contributed by atoms with Crippen LogP contribution in [-0.4, -0.2) is 30.4 Å². The summed E-state index contributed by atoms with van der Waals surface area (Å²) in [4.78, 5) is 0.401. The van der Waals surface area contributed by atoms with Crippen molar-refractivity contribution in [3.05, 3.63) is 18.0 Å². The Morgan fingerprint density at radius 2 is 1.90 bits per heavy atom. The van der Waals surface area contributed by atoms with Gasteiger partial charge >= 0.3 is 0 Å². The van der Waals surface area contributed by atoms with Crippen LogP contribution in [0.3, 0.4) is 0 Å². The molecule has 0 spiro atoms. The van der Waals surface area contributed by atoms with E-state index in [4.69, 9.17) is 11.6 Å². The summed E-state index contributed by atoms with van der Waals surface area (Å²) in [5.74, 6) is 0.360. The zero-order valence-electron chi connectivity index (χ0n) is 12.5. The van der Waals surface area contributed by atoms with E-state index in [2.05, 4.69) is 4.57 Å². The second-order valence-electron chi connectivity index (χ2n) is 6.25. The molecule has 1 aromatic heterocycles. The number of alkyl halides is 1. The predicted octanol–water partition coefficient (Wildman–Crippen LogP) is 3.52. The van der Waals surface area contributed by atoms with Gasteiger partial charge in [0.15, 0.2) is 0 Å². The molecule has 2 saturated carbocycles. The molecule has 0 aliphatic heterocycles. The van der Waals surface area contributed by atoms with Crippen LogP contribution < -0.4 is 0 Å².